The maximum absolute atomic E-state index is 6.34. The zero-order valence-corrected chi connectivity index (χ0v) is 22.6. The molecule has 0 unspecified atom stereocenters. The summed E-state index contributed by atoms with van der Waals surface area (Å²) in [5.41, 5.74) is 5.55. The van der Waals surface area contributed by atoms with Gasteiger partial charge in [-0.2, -0.15) is 0 Å². The van der Waals surface area contributed by atoms with Crippen LogP contribution < -0.4 is 20.1 Å². The van der Waals surface area contributed by atoms with E-state index in [4.69, 9.17) is 9.47 Å². The van der Waals surface area contributed by atoms with E-state index in [-0.39, 0.29) is 0 Å². The van der Waals surface area contributed by atoms with Crippen molar-refractivity contribution in [3.05, 3.63) is 138 Å². The number of hydrogen-bond acceptors (Lipinski definition) is 7. The largest absolute Gasteiger partial charge is 0.489 e. The van der Waals surface area contributed by atoms with Crippen molar-refractivity contribution >= 4 is 28.2 Å². The molecule has 0 saturated heterocycles. The summed E-state index contributed by atoms with van der Waals surface area (Å²) in [6, 6.07) is 37.9. The molecule has 0 fully saturated rings. The highest BCUT2D eigenvalue weighted by atomic mass is 16.5. The van der Waals surface area contributed by atoms with Crippen molar-refractivity contribution in [2.45, 2.75) is 20.1 Å². The zero-order valence-electron chi connectivity index (χ0n) is 22.6. The molecule has 0 bridgehead atoms. The molecular weight excluding hydrogens is 510 g/mol. The predicted octanol–water partition coefficient (Wildman–Crippen LogP) is 8.06. The Hall–Kier alpha value is -5.43. The highest BCUT2D eigenvalue weighted by molar-refractivity contribution is 5.89. The molecule has 6 aromatic rings. The number of ether oxygens (including phenoxy) is 2. The van der Waals surface area contributed by atoms with Gasteiger partial charge in [-0.05, 0) is 72.6 Å². The van der Waals surface area contributed by atoms with E-state index in [0.29, 0.717) is 36.1 Å². The van der Waals surface area contributed by atoms with Gasteiger partial charge in [-0.3, -0.25) is 0 Å². The maximum Gasteiger partial charge on any atom is 0.164 e. The van der Waals surface area contributed by atoms with Crippen LogP contribution in [-0.4, -0.2) is 15.0 Å². The zero-order chi connectivity index (χ0) is 27.9. The number of pyridine rings is 1. The summed E-state index contributed by atoms with van der Waals surface area (Å²) in [4.78, 5) is 13.4. The van der Waals surface area contributed by atoms with Crippen LogP contribution in [0.1, 0.15) is 16.8 Å². The summed E-state index contributed by atoms with van der Waals surface area (Å²) in [6.45, 7) is 3.15. The number of nitrogens with zero attached hydrogens (tertiary/aromatic N) is 3. The SMILES string of the molecule is Cc1ccc2c(Nc3cc(NCc4ccccc4)ccc3Oc3ccc(OCc4ccccc4)cc3)ncnc2n1. The van der Waals surface area contributed by atoms with Gasteiger partial charge in [0.25, 0.3) is 0 Å². The van der Waals surface area contributed by atoms with Crippen molar-refractivity contribution in [3.63, 3.8) is 0 Å². The summed E-state index contributed by atoms with van der Waals surface area (Å²) in [5, 5.41) is 7.79. The average Bonchev–Trinajstić information content (AvgIpc) is 3.02. The first-order chi connectivity index (χ1) is 20.2. The molecule has 0 atom stereocenters. The van der Waals surface area contributed by atoms with Crippen LogP contribution in [0.15, 0.2) is 122 Å². The molecule has 202 valence electrons. The summed E-state index contributed by atoms with van der Waals surface area (Å²) >= 11 is 0. The molecule has 7 nitrogen and oxygen atoms in total. The number of aromatic nitrogens is 3. The third-order valence-corrected chi connectivity index (χ3v) is 6.51. The molecule has 41 heavy (non-hydrogen) atoms. The second-order valence-corrected chi connectivity index (χ2v) is 9.57. The predicted molar refractivity (Wildman–Crippen MR) is 163 cm³/mol. The topological polar surface area (TPSA) is 81.2 Å². The Kier molecular flexibility index (Phi) is 7.67. The van der Waals surface area contributed by atoms with E-state index in [0.717, 1.165) is 33.8 Å². The lowest BCUT2D eigenvalue weighted by molar-refractivity contribution is 0.306. The van der Waals surface area contributed by atoms with Gasteiger partial charge in [0.15, 0.2) is 11.4 Å². The van der Waals surface area contributed by atoms with E-state index >= 15 is 0 Å². The van der Waals surface area contributed by atoms with E-state index in [1.165, 1.54) is 11.9 Å². The molecule has 7 heteroatoms. The molecule has 0 spiro atoms. The van der Waals surface area contributed by atoms with Crippen LogP contribution in [0, 0.1) is 6.92 Å². The molecule has 0 aliphatic carbocycles. The first kappa shape index (κ1) is 25.8. The Morgan fingerprint density at radius 3 is 2.22 bits per heavy atom. The monoisotopic (exact) mass is 539 g/mol. The van der Waals surface area contributed by atoms with Crippen molar-refractivity contribution in [1.29, 1.82) is 0 Å². The van der Waals surface area contributed by atoms with E-state index in [1.54, 1.807) is 0 Å². The Morgan fingerprint density at radius 1 is 0.707 bits per heavy atom. The molecule has 2 aromatic heterocycles. The minimum atomic E-state index is 0.508. The number of hydrogen-bond donors (Lipinski definition) is 2. The summed E-state index contributed by atoms with van der Waals surface area (Å²) in [5.74, 6) is 2.77. The van der Waals surface area contributed by atoms with Gasteiger partial charge in [0, 0.05) is 17.9 Å². The molecule has 2 N–H and O–H groups in total. The van der Waals surface area contributed by atoms with Crippen molar-refractivity contribution in [2.24, 2.45) is 0 Å². The second-order valence-electron chi connectivity index (χ2n) is 9.57. The Morgan fingerprint density at radius 2 is 1.44 bits per heavy atom. The minimum Gasteiger partial charge on any atom is -0.489 e. The number of benzene rings is 4. The first-order valence-electron chi connectivity index (χ1n) is 13.4. The van der Waals surface area contributed by atoms with Crippen LogP contribution in [0.4, 0.5) is 17.2 Å². The van der Waals surface area contributed by atoms with Crippen molar-refractivity contribution in [1.82, 2.24) is 15.0 Å². The summed E-state index contributed by atoms with van der Waals surface area (Å²) in [6.07, 6.45) is 1.52. The molecule has 0 radical (unpaired) electrons. The molecule has 0 amide bonds. The van der Waals surface area contributed by atoms with Gasteiger partial charge >= 0.3 is 0 Å². The smallest absolute Gasteiger partial charge is 0.164 e. The number of fused-ring (bicyclic) bond motifs is 1. The van der Waals surface area contributed by atoms with Crippen LogP contribution in [0.3, 0.4) is 0 Å². The van der Waals surface area contributed by atoms with E-state index < -0.39 is 0 Å². The molecule has 0 aliphatic heterocycles. The maximum atomic E-state index is 6.34. The van der Waals surface area contributed by atoms with Crippen LogP contribution >= 0.6 is 0 Å². The first-order valence-corrected chi connectivity index (χ1v) is 13.4. The normalized spacial score (nSPS) is 10.8. The standard InChI is InChI=1S/C34H29N5O2/c1-24-12-18-30-33(38-24)36-23-37-34(30)39-31-20-27(35-21-25-8-4-2-5-9-25)13-19-32(31)41-29-16-14-28(15-17-29)40-22-26-10-6-3-7-11-26/h2-20,23,35H,21-22H2,1H3,(H,36,37,38,39). The quantitative estimate of drug-likeness (QED) is 0.182. The van der Waals surface area contributed by atoms with Crippen molar-refractivity contribution < 1.29 is 9.47 Å². The summed E-state index contributed by atoms with van der Waals surface area (Å²) in [7, 11) is 0. The number of nitrogens with one attached hydrogen (secondary N) is 2. The highest BCUT2D eigenvalue weighted by Gasteiger charge is 2.12. The molecule has 2 heterocycles. The fourth-order valence-corrected chi connectivity index (χ4v) is 4.36. The molecular formula is C34H29N5O2. The van der Waals surface area contributed by atoms with Gasteiger partial charge in [0.05, 0.1) is 11.1 Å². The van der Waals surface area contributed by atoms with Crippen LogP contribution in [-0.2, 0) is 13.2 Å². The van der Waals surface area contributed by atoms with Crippen LogP contribution in [0.5, 0.6) is 17.2 Å². The number of aryl methyl sites for hydroxylation is 1. The Balaban J connectivity index is 1.24. The molecule has 4 aromatic carbocycles. The van der Waals surface area contributed by atoms with Gasteiger partial charge < -0.3 is 20.1 Å². The van der Waals surface area contributed by atoms with Gasteiger partial charge in [-0.25, -0.2) is 15.0 Å². The Bertz CT molecular complexity index is 1740. The fraction of sp³-hybridized carbons (Fsp3) is 0.0882. The van der Waals surface area contributed by atoms with Gasteiger partial charge in [-0.15, -0.1) is 0 Å². The Labute approximate surface area is 238 Å². The lowest BCUT2D eigenvalue weighted by Crippen LogP contribution is -2.02. The lowest BCUT2D eigenvalue weighted by atomic mass is 10.2. The van der Waals surface area contributed by atoms with Crippen molar-refractivity contribution in [3.8, 4) is 17.2 Å². The van der Waals surface area contributed by atoms with Crippen molar-refractivity contribution in [2.75, 3.05) is 10.6 Å². The van der Waals surface area contributed by atoms with E-state index in [1.807, 2.05) is 110 Å². The second kappa shape index (κ2) is 12.2. The molecule has 0 aliphatic rings. The number of rotatable bonds is 10. The fourth-order valence-electron chi connectivity index (χ4n) is 4.36. The number of anilines is 3. The highest BCUT2D eigenvalue weighted by Crippen LogP contribution is 2.36. The van der Waals surface area contributed by atoms with Gasteiger partial charge in [-0.1, -0.05) is 60.7 Å². The van der Waals surface area contributed by atoms with Crippen LogP contribution in [0.25, 0.3) is 11.0 Å². The third kappa shape index (κ3) is 6.59. The minimum absolute atomic E-state index is 0.508. The third-order valence-electron chi connectivity index (χ3n) is 6.51. The van der Waals surface area contributed by atoms with E-state index in [2.05, 4.69) is 37.7 Å². The molecule has 0 saturated carbocycles. The average molecular weight is 540 g/mol. The summed E-state index contributed by atoms with van der Waals surface area (Å²) < 4.78 is 12.3. The van der Waals surface area contributed by atoms with Gasteiger partial charge in [0.1, 0.15) is 30.3 Å². The van der Waals surface area contributed by atoms with E-state index in [9.17, 15) is 0 Å². The van der Waals surface area contributed by atoms with Gasteiger partial charge in [0.2, 0.25) is 0 Å². The molecule has 6 rings (SSSR count). The van der Waals surface area contributed by atoms with Crippen LogP contribution in [0.2, 0.25) is 0 Å². The lowest BCUT2D eigenvalue weighted by Gasteiger charge is -2.16.